The van der Waals surface area contributed by atoms with Crippen LogP contribution in [0.4, 0.5) is 5.69 Å². The molecule has 0 bridgehead atoms. The standard InChI is InChI=1S/C19H24N6O2.HI/c1-20-18(27)15-6-3-5-14(11-15)8-10-23-19(21-2)24-13-17(26)25-16-7-4-9-22-12-16;/h3-7,9,11-12H,8,10,13H2,1-2H3,(H,20,27)(H,25,26)(H2,21,23,24);1H. The predicted octanol–water partition coefficient (Wildman–Crippen LogP) is 1.41. The van der Waals surface area contributed by atoms with Crippen molar-refractivity contribution >= 4 is 47.4 Å². The maximum atomic E-state index is 11.9. The fourth-order valence-corrected chi connectivity index (χ4v) is 2.36. The Morgan fingerprint density at radius 3 is 2.64 bits per heavy atom. The molecule has 0 fully saturated rings. The average Bonchev–Trinajstić information content (AvgIpc) is 2.70. The smallest absolute Gasteiger partial charge is 0.251 e. The lowest BCUT2D eigenvalue weighted by molar-refractivity contribution is -0.115. The third-order valence-corrected chi connectivity index (χ3v) is 3.71. The van der Waals surface area contributed by atoms with Gasteiger partial charge in [-0.15, -0.1) is 24.0 Å². The summed E-state index contributed by atoms with van der Waals surface area (Å²) in [6.45, 7) is 0.696. The lowest BCUT2D eigenvalue weighted by atomic mass is 10.1. The first-order valence-electron chi connectivity index (χ1n) is 8.58. The number of nitrogens with one attached hydrogen (secondary N) is 4. The molecule has 0 saturated heterocycles. The summed E-state index contributed by atoms with van der Waals surface area (Å²) in [7, 11) is 3.25. The van der Waals surface area contributed by atoms with Crippen LogP contribution in [0, 0.1) is 0 Å². The van der Waals surface area contributed by atoms with E-state index in [0.29, 0.717) is 30.2 Å². The maximum Gasteiger partial charge on any atom is 0.251 e. The summed E-state index contributed by atoms with van der Waals surface area (Å²) in [4.78, 5) is 31.7. The summed E-state index contributed by atoms with van der Waals surface area (Å²) in [5, 5.41) is 11.5. The summed E-state index contributed by atoms with van der Waals surface area (Å²) in [6.07, 6.45) is 3.94. The number of pyridine rings is 1. The molecule has 0 aliphatic carbocycles. The van der Waals surface area contributed by atoms with E-state index in [9.17, 15) is 9.59 Å². The second kappa shape index (κ2) is 12.7. The molecule has 2 rings (SSSR count). The van der Waals surface area contributed by atoms with E-state index in [4.69, 9.17) is 0 Å². The zero-order chi connectivity index (χ0) is 19.5. The molecule has 0 aliphatic rings. The van der Waals surface area contributed by atoms with Crippen LogP contribution in [0.5, 0.6) is 0 Å². The van der Waals surface area contributed by atoms with E-state index in [1.807, 2.05) is 18.2 Å². The minimum absolute atomic E-state index is 0. The molecule has 0 atom stereocenters. The number of halogens is 1. The highest BCUT2D eigenvalue weighted by Crippen LogP contribution is 2.05. The third kappa shape index (κ3) is 7.91. The second-order valence-corrected chi connectivity index (χ2v) is 5.67. The van der Waals surface area contributed by atoms with Gasteiger partial charge in [-0.05, 0) is 36.2 Å². The molecular formula is C19H25IN6O2. The van der Waals surface area contributed by atoms with Crippen molar-refractivity contribution in [2.45, 2.75) is 6.42 Å². The average molecular weight is 496 g/mol. The molecule has 2 aromatic rings. The number of anilines is 1. The third-order valence-electron chi connectivity index (χ3n) is 3.71. The number of carbonyl (C=O) groups excluding carboxylic acids is 2. The molecule has 0 saturated carbocycles. The normalized spacial score (nSPS) is 10.4. The molecule has 0 aliphatic heterocycles. The van der Waals surface area contributed by atoms with Crippen LogP contribution in [0.1, 0.15) is 15.9 Å². The Morgan fingerprint density at radius 1 is 1.14 bits per heavy atom. The number of amides is 2. The monoisotopic (exact) mass is 496 g/mol. The Bertz CT molecular complexity index is 798. The van der Waals surface area contributed by atoms with Gasteiger partial charge in [0.1, 0.15) is 0 Å². The highest BCUT2D eigenvalue weighted by atomic mass is 127. The molecule has 4 N–H and O–H groups in total. The predicted molar refractivity (Wildman–Crippen MR) is 121 cm³/mol. The van der Waals surface area contributed by atoms with Gasteiger partial charge in [0.15, 0.2) is 5.96 Å². The zero-order valence-corrected chi connectivity index (χ0v) is 18.2. The molecule has 0 radical (unpaired) electrons. The quantitative estimate of drug-likeness (QED) is 0.264. The first kappa shape index (κ1) is 23.3. The number of guanidine groups is 1. The van der Waals surface area contributed by atoms with E-state index >= 15 is 0 Å². The van der Waals surface area contributed by atoms with Gasteiger partial charge in [-0.25, -0.2) is 0 Å². The summed E-state index contributed by atoms with van der Waals surface area (Å²) in [6, 6.07) is 11.0. The molecule has 8 nitrogen and oxygen atoms in total. The van der Waals surface area contributed by atoms with Crippen molar-refractivity contribution in [1.82, 2.24) is 20.9 Å². The molecule has 0 unspecified atom stereocenters. The summed E-state index contributed by atoms with van der Waals surface area (Å²) >= 11 is 0. The van der Waals surface area contributed by atoms with Crippen molar-refractivity contribution in [2.24, 2.45) is 4.99 Å². The van der Waals surface area contributed by atoms with Crippen LogP contribution in [0.25, 0.3) is 0 Å². The number of aromatic nitrogens is 1. The topological polar surface area (TPSA) is 108 Å². The van der Waals surface area contributed by atoms with E-state index in [-0.39, 0.29) is 42.3 Å². The van der Waals surface area contributed by atoms with Gasteiger partial charge in [-0.1, -0.05) is 12.1 Å². The number of hydrogen-bond donors (Lipinski definition) is 4. The fourth-order valence-electron chi connectivity index (χ4n) is 2.36. The van der Waals surface area contributed by atoms with Crippen LogP contribution in [0.3, 0.4) is 0 Å². The van der Waals surface area contributed by atoms with E-state index < -0.39 is 0 Å². The number of benzene rings is 1. The van der Waals surface area contributed by atoms with Gasteiger partial charge in [0.25, 0.3) is 5.91 Å². The minimum Gasteiger partial charge on any atom is -0.356 e. The second-order valence-electron chi connectivity index (χ2n) is 5.67. The van der Waals surface area contributed by atoms with Crippen molar-refractivity contribution in [3.8, 4) is 0 Å². The molecular weight excluding hydrogens is 471 g/mol. The van der Waals surface area contributed by atoms with Gasteiger partial charge >= 0.3 is 0 Å². The van der Waals surface area contributed by atoms with Crippen LogP contribution >= 0.6 is 24.0 Å². The molecule has 1 aromatic heterocycles. The lowest BCUT2D eigenvalue weighted by Crippen LogP contribution is -2.42. The fraction of sp³-hybridized carbons (Fsp3) is 0.263. The molecule has 1 heterocycles. The molecule has 9 heteroatoms. The van der Waals surface area contributed by atoms with E-state index in [1.165, 1.54) is 0 Å². The van der Waals surface area contributed by atoms with Gasteiger partial charge in [-0.2, -0.15) is 0 Å². The highest BCUT2D eigenvalue weighted by molar-refractivity contribution is 14.0. The van der Waals surface area contributed by atoms with Gasteiger partial charge in [0.2, 0.25) is 5.91 Å². The van der Waals surface area contributed by atoms with Crippen molar-refractivity contribution < 1.29 is 9.59 Å². The number of rotatable bonds is 7. The Labute approximate surface area is 181 Å². The SMILES string of the molecule is CN=C(NCCc1cccc(C(=O)NC)c1)NCC(=O)Nc1cccnc1.I. The van der Waals surface area contributed by atoms with E-state index in [2.05, 4.69) is 31.2 Å². The Morgan fingerprint density at radius 2 is 1.96 bits per heavy atom. The van der Waals surface area contributed by atoms with Crippen molar-refractivity contribution in [2.75, 3.05) is 32.5 Å². The van der Waals surface area contributed by atoms with Crippen molar-refractivity contribution in [3.63, 3.8) is 0 Å². The van der Waals surface area contributed by atoms with Gasteiger partial charge in [0.05, 0.1) is 18.4 Å². The van der Waals surface area contributed by atoms with Crippen molar-refractivity contribution in [3.05, 3.63) is 59.9 Å². The van der Waals surface area contributed by atoms with Crippen molar-refractivity contribution in [1.29, 1.82) is 0 Å². The van der Waals surface area contributed by atoms with Crippen LogP contribution in [-0.4, -0.2) is 49.9 Å². The number of hydrogen-bond acceptors (Lipinski definition) is 4. The Hall–Kier alpha value is -2.69. The largest absolute Gasteiger partial charge is 0.356 e. The van der Waals surface area contributed by atoms with Crippen LogP contribution in [-0.2, 0) is 11.2 Å². The highest BCUT2D eigenvalue weighted by Gasteiger charge is 2.06. The number of aliphatic imine (C=N–C) groups is 1. The molecule has 0 spiro atoms. The first-order chi connectivity index (χ1) is 13.1. The molecule has 150 valence electrons. The summed E-state index contributed by atoms with van der Waals surface area (Å²) in [5.74, 6) is 0.227. The van der Waals surface area contributed by atoms with Gasteiger partial charge < -0.3 is 21.3 Å². The minimum atomic E-state index is -0.191. The Balaban J connectivity index is 0.00000392. The Kier molecular flexibility index (Phi) is 10.6. The molecule has 1 aromatic carbocycles. The van der Waals surface area contributed by atoms with Crippen LogP contribution in [0.15, 0.2) is 53.8 Å². The molecule has 2 amide bonds. The lowest BCUT2D eigenvalue weighted by Gasteiger charge is -2.12. The van der Waals surface area contributed by atoms with Crippen LogP contribution < -0.4 is 21.3 Å². The summed E-state index contributed by atoms with van der Waals surface area (Å²) in [5.41, 5.74) is 2.31. The zero-order valence-electron chi connectivity index (χ0n) is 15.9. The number of carbonyl (C=O) groups is 2. The van der Waals surface area contributed by atoms with E-state index in [1.54, 1.807) is 44.7 Å². The van der Waals surface area contributed by atoms with Crippen LogP contribution in [0.2, 0.25) is 0 Å². The number of nitrogens with zero attached hydrogens (tertiary/aromatic N) is 2. The van der Waals surface area contributed by atoms with Gasteiger partial charge in [0, 0.05) is 32.4 Å². The molecule has 28 heavy (non-hydrogen) atoms. The first-order valence-corrected chi connectivity index (χ1v) is 8.58. The maximum absolute atomic E-state index is 11.9. The van der Waals surface area contributed by atoms with Gasteiger partial charge in [-0.3, -0.25) is 19.6 Å². The summed E-state index contributed by atoms with van der Waals surface area (Å²) < 4.78 is 0. The van der Waals surface area contributed by atoms with E-state index in [0.717, 1.165) is 5.56 Å².